The molecule has 8 nitrogen and oxygen atoms in total. The molecular formula is C25H26N8. The molecule has 1 aliphatic carbocycles. The van der Waals surface area contributed by atoms with Crippen LogP contribution in [0.5, 0.6) is 0 Å². The molecule has 166 valence electrons. The molecule has 2 fully saturated rings. The summed E-state index contributed by atoms with van der Waals surface area (Å²) in [4.78, 5) is 7.20. The Morgan fingerprint density at radius 3 is 2.45 bits per heavy atom. The molecule has 1 saturated carbocycles. The maximum Gasteiger partial charge on any atom is 0.128 e. The second-order valence-electron chi connectivity index (χ2n) is 9.90. The fourth-order valence-electron chi connectivity index (χ4n) is 5.75. The second-order valence-corrected chi connectivity index (χ2v) is 9.90. The van der Waals surface area contributed by atoms with Gasteiger partial charge in [0.1, 0.15) is 11.9 Å². The number of anilines is 1. The number of pyridine rings is 2. The van der Waals surface area contributed by atoms with Crippen molar-refractivity contribution >= 4 is 11.3 Å². The second kappa shape index (κ2) is 7.15. The first-order valence-electron chi connectivity index (χ1n) is 11.3. The van der Waals surface area contributed by atoms with E-state index in [0.29, 0.717) is 17.4 Å². The topological polar surface area (TPSA) is 101 Å². The van der Waals surface area contributed by atoms with Gasteiger partial charge in [-0.2, -0.15) is 15.5 Å². The van der Waals surface area contributed by atoms with Crippen molar-refractivity contribution in [1.29, 1.82) is 5.26 Å². The highest BCUT2D eigenvalue weighted by Gasteiger charge is 2.45. The van der Waals surface area contributed by atoms with Crippen molar-refractivity contribution in [3.63, 3.8) is 0 Å². The maximum absolute atomic E-state index is 9.64. The molecule has 6 rings (SSSR count). The minimum absolute atomic E-state index is 0.0208. The number of nitrogens with two attached hydrogens (primary N) is 1. The van der Waals surface area contributed by atoms with E-state index in [0.717, 1.165) is 59.5 Å². The van der Waals surface area contributed by atoms with Gasteiger partial charge in [-0.25, -0.2) is 9.50 Å². The Hall–Kier alpha value is -3.70. The summed E-state index contributed by atoms with van der Waals surface area (Å²) in [6, 6.07) is 8.55. The number of fused-ring (bicyclic) bond motifs is 2. The van der Waals surface area contributed by atoms with Gasteiger partial charge in [0.05, 0.1) is 23.5 Å². The van der Waals surface area contributed by atoms with Crippen LogP contribution >= 0.6 is 0 Å². The van der Waals surface area contributed by atoms with E-state index in [1.807, 2.05) is 31.8 Å². The van der Waals surface area contributed by atoms with Gasteiger partial charge in [0, 0.05) is 66.5 Å². The molecule has 2 aliphatic rings. The van der Waals surface area contributed by atoms with Gasteiger partial charge >= 0.3 is 0 Å². The van der Waals surface area contributed by atoms with Crippen LogP contribution in [0.25, 0.3) is 27.8 Å². The summed E-state index contributed by atoms with van der Waals surface area (Å²) in [5.41, 5.74) is 11.6. The largest absolute Gasteiger partial charge is 0.356 e. The Bertz CT molecular complexity index is 1370. The molecule has 4 aromatic rings. The zero-order valence-electron chi connectivity index (χ0n) is 18.8. The van der Waals surface area contributed by atoms with Crippen molar-refractivity contribution in [2.24, 2.45) is 24.6 Å². The molecule has 2 N–H and O–H groups in total. The van der Waals surface area contributed by atoms with Gasteiger partial charge in [0.25, 0.3) is 0 Å². The number of nitriles is 1. The predicted molar refractivity (Wildman–Crippen MR) is 126 cm³/mol. The molecular weight excluding hydrogens is 412 g/mol. The van der Waals surface area contributed by atoms with Crippen molar-refractivity contribution in [1.82, 2.24) is 24.4 Å². The first-order chi connectivity index (χ1) is 15.9. The van der Waals surface area contributed by atoms with Crippen LogP contribution in [0.3, 0.4) is 0 Å². The Balaban J connectivity index is 1.36. The summed E-state index contributed by atoms with van der Waals surface area (Å²) < 4.78 is 3.55. The van der Waals surface area contributed by atoms with Crippen molar-refractivity contribution in [2.45, 2.75) is 25.3 Å². The van der Waals surface area contributed by atoms with Crippen LogP contribution < -0.4 is 10.6 Å². The minimum atomic E-state index is -0.0208. The highest BCUT2D eigenvalue weighted by atomic mass is 15.2. The third-order valence-corrected chi connectivity index (χ3v) is 7.19. The summed E-state index contributed by atoms with van der Waals surface area (Å²) in [6.45, 7) is 4.21. The molecule has 0 aromatic carbocycles. The lowest BCUT2D eigenvalue weighted by molar-refractivity contribution is 0.449. The molecule has 8 heteroatoms. The predicted octanol–water partition coefficient (Wildman–Crippen LogP) is 3.23. The molecule has 1 aliphatic heterocycles. The molecule has 5 heterocycles. The number of hydrogen-bond donors (Lipinski definition) is 1. The average Bonchev–Trinajstić information content (AvgIpc) is 3.55. The average molecular weight is 439 g/mol. The highest BCUT2D eigenvalue weighted by Crippen LogP contribution is 2.43. The molecule has 1 saturated heterocycles. The quantitative estimate of drug-likeness (QED) is 0.527. The number of nitrogens with zero attached hydrogens (tertiary/aromatic N) is 7. The zero-order chi connectivity index (χ0) is 22.7. The van der Waals surface area contributed by atoms with Crippen LogP contribution in [0.1, 0.15) is 25.3 Å². The molecule has 33 heavy (non-hydrogen) atoms. The van der Waals surface area contributed by atoms with Gasteiger partial charge in [-0.05, 0) is 49.8 Å². The normalized spacial score (nSPS) is 24.4. The number of rotatable bonds is 3. The molecule has 0 bridgehead atoms. The highest BCUT2D eigenvalue weighted by molar-refractivity contribution is 5.87. The van der Waals surface area contributed by atoms with Crippen molar-refractivity contribution in [2.75, 3.05) is 18.0 Å². The molecule has 0 radical (unpaired) electrons. The lowest BCUT2D eigenvalue weighted by atomic mass is 10.00. The first kappa shape index (κ1) is 19.9. The van der Waals surface area contributed by atoms with Gasteiger partial charge in [-0.3, -0.25) is 4.68 Å². The monoisotopic (exact) mass is 438 g/mol. The maximum atomic E-state index is 9.64. The number of hydrogen-bond acceptors (Lipinski definition) is 6. The van der Waals surface area contributed by atoms with Crippen molar-refractivity contribution < 1.29 is 0 Å². The Labute approximate surface area is 192 Å². The summed E-state index contributed by atoms with van der Waals surface area (Å²) in [6.07, 6.45) is 11.4. The molecule has 3 atom stereocenters. The standard InChI is InChI=1S/C25H26N8/c1-25(27)6-18-13-32(14-19(18)7-25)23-4-3-16(9-28-23)22-5-17(21-11-29-31(2)12-21)15-33-24(22)20(8-26)10-30-33/h3-5,9-12,15,18-19H,6-7,13-14,27H2,1-2H3/t18-,19+,25?. The number of aromatic nitrogens is 5. The number of aryl methyl sites for hydroxylation is 1. The summed E-state index contributed by atoms with van der Waals surface area (Å²) >= 11 is 0. The van der Waals surface area contributed by atoms with Crippen molar-refractivity contribution in [3.05, 3.63) is 54.7 Å². The van der Waals surface area contributed by atoms with E-state index in [1.54, 1.807) is 15.4 Å². The first-order valence-corrected chi connectivity index (χ1v) is 11.3. The minimum Gasteiger partial charge on any atom is -0.356 e. The summed E-state index contributed by atoms with van der Waals surface area (Å²) in [5.74, 6) is 2.31. The van der Waals surface area contributed by atoms with Gasteiger partial charge in [-0.15, -0.1) is 0 Å². The summed E-state index contributed by atoms with van der Waals surface area (Å²) in [7, 11) is 1.90. The third-order valence-electron chi connectivity index (χ3n) is 7.19. The molecule has 4 aromatic heterocycles. The lowest BCUT2D eigenvalue weighted by Gasteiger charge is -2.23. The molecule has 0 amide bonds. The Morgan fingerprint density at radius 1 is 1.03 bits per heavy atom. The Kier molecular flexibility index (Phi) is 4.32. The van der Waals surface area contributed by atoms with Crippen LogP contribution in [0.4, 0.5) is 5.82 Å². The fraction of sp³-hybridized carbons (Fsp3) is 0.360. The lowest BCUT2D eigenvalue weighted by Crippen LogP contribution is -2.35. The molecule has 0 spiro atoms. The van der Waals surface area contributed by atoms with Crippen LogP contribution in [-0.2, 0) is 7.05 Å². The van der Waals surface area contributed by atoms with Gasteiger partial charge in [0.2, 0.25) is 0 Å². The SMILES string of the molecule is Cn1cc(-c2cc(-c3ccc(N4C[C@@H]5CC(C)(N)C[C@@H]5C4)nc3)c3c(C#N)cnn3c2)cn1. The van der Waals surface area contributed by atoms with E-state index in [1.165, 1.54) is 0 Å². The van der Waals surface area contributed by atoms with Gasteiger partial charge in [-0.1, -0.05) is 0 Å². The van der Waals surface area contributed by atoms with Crippen molar-refractivity contribution in [3.8, 4) is 28.3 Å². The Morgan fingerprint density at radius 2 is 1.82 bits per heavy atom. The fourth-order valence-corrected chi connectivity index (χ4v) is 5.75. The summed E-state index contributed by atoms with van der Waals surface area (Å²) in [5, 5.41) is 18.4. The van der Waals surface area contributed by atoms with Crippen LogP contribution in [0.15, 0.2) is 49.2 Å². The van der Waals surface area contributed by atoms with E-state index in [-0.39, 0.29) is 5.54 Å². The van der Waals surface area contributed by atoms with E-state index in [2.05, 4.69) is 46.3 Å². The molecule has 1 unspecified atom stereocenters. The third kappa shape index (κ3) is 3.36. The van der Waals surface area contributed by atoms with Crippen LogP contribution in [0.2, 0.25) is 0 Å². The smallest absolute Gasteiger partial charge is 0.128 e. The van der Waals surface area contributed by atoms with E-state index in [9.17, 15) is 5.26 Å². The van der Waals surface area contributed by atoms with Crippen LogP contribution in [-0.4, -0.2) is 43.0 Å². The van der Waals surface area contributed by atoms with E-state index >= 15 is 0 Å². The van der Waals surface area contributed by atoms with Crippen LogP contribution in [0, 0.1) is 23.2 Å². The zero-order valence-corrected chi connectivity index (χ0v) is 18.8. The van der Waals surface area contributed by atoms with Gasteiger partial charge in [0.15, 0.2) is 0 Å². The van der Waals surface area contributed by atoms with E-state index in [4.69, 9.17) is 10.7 Å². The van der Waals surface area contributed by atoms with E-state index < -0.39 is 0 Å². The van der Waals surface area contributed by atoms with Gasteiger partial charge < -0.3 is 10.6 Å².